The third-order valence-corrected chi connectivity index (χ3v) is 2.52. The van der Waals surface area contributed by atoms with Crippen molar-refractivity contribution in [2.75, 3.05) is 7.11 Å². The van der Waals surface area contributed by atoms with Gasteiger partial charge in [-0.2, -0.15) is 0 Å². The van der Waals surface area contributed by atoms with Gasteiger partial charge in [-0.05, 0) is 26.0 Å². The first-order valence-corrected chi connectivity index (χ1v) is 4.95. The lowest BCUT2D eigenvalue weighted by atomic mass is 9.94. The van der Waals surface area contributed by atoms with E-state index in [-0.39, 0.29) is 0 Å². The van der Waals surface area contributed by atoms with Gasteiger partial charge >= 0.3 is 0 Å². The van der Waals surface area contributed by atoms with Crippen LogP contribution in [-0.2, 0) is 5.54 Å². The predicted octanol–water partition coefficient (Wildman–Crippen LogP) is 3.20. The van der Waals surface area contributed by atoms with Crippen LogP contribution in [0.5, 0.6) is 5.75 Å². The molecule has 0 aliphatic carbocycles. The van der Waals surface area contributed by atoms with Crippen molar-refractivity contribution in [1.29, 1.82) is 0 Å². The van der Waals surface area contributed by atoms with Crippen molar-refractivity contribution < 1.29 is 4.74 Å². The van der Waals surface area contributed by atoms with Crippen molar-refractivity contribution >= 4 is 23.2 Å². The van der Waals surface area contributed by atoms with Crippen LogP contribution in [0.25, 0.3) is 0 Å². The standard InChI is InChI=1S/C10H13Cl2NO/c1-10(2,13)8-6(11)4-5-7(12)9(8)14-3/h4-5H,13H2,1-3H3. The second kappa shape index (κ2) is 3.97. The molecular weight excluding hydrogens is 221 g/mol. The summed E-state index contributed by atoms with van der Waals surface area (Å²) in [6.45, 7) is 3.71. The zero-order chi connectivity index (χ0) is 10.9. The van der Waals surface area contributed by atoms with Gasteiger partial charge in [0.1, 0.15) is 5.75 Å². The molecule has 0 fully saturated rings. The molecule has 0 saturated heterocycles. The minimum absolute atomic E-state index is 0.519. The molecule has 0 saturated carbocycles. The third-order valence-electron chi connectivity index (χ3n) is 1.91. The number of benzene rings is 1. The first kappa shape index (κ1) is 11.6. The highest BCUT2D eigenvalue weighted by Crippen LogP contribution is 2.39. The highest BCUT2D eigenvalue weighted by atomic mass is 35.5. The number of ether oxygens (including phenoxy) is 1. The van der Waals surface area contributed by atoms with Gasteiger partial charge in [-0.15, -0.1) is 0 Å². The zero-order valence-corrected chi connectivity index (χ0v) is 9.91. The first-order valence-electron chi connectivity index (χ1n) is 4.19. The van der Waals surface area contributed by atoms with Crippen LogP contribution >= 0.6 is 23.2 Å². The molecule has 1 aromatic carbocycles. The van der Waals surface area contributed by atoms with Crippen molar-refractivity contribution in [3.63, 3.8) is 0 Å². The van der Waals surface area contributed by atoms with Crippen LogP contribution in [0.4, 0.5) is 0 Å². The molecule has 2 nitrogen and oxygen atoms in total. The summed E-state index contributed by atoms with van der Waals surface area (Å²) in [7, 11) is 1.55. The Morgan fingerprint density at radius 1 is 1.21 bits per heavy atom. The molecule has 0 unspecified atom stereocenters. The van der Waals surface area contributed by atoms with E-state index in [9.17, 15) is 0 Å². The van der Waals surface area contributed by atoms with Crippen LogP contribution in [0.3, 0.4) is 0 Å². The quantitative estimate of drug-likeness (QED) is 0.852. The van der Waals surface area contributed by atoms with E-state index in [2.05, 4.69) is 0 Å². The van der Waals surface area contributed by atoms with Gasteiger partial charge in [-0.3, -0.25) is 0 Å². The van der Waals surface area contributed by atoms with Crippen LogP contribution in [0.15, 0.2) is 12.1 Å². The minimum atomic E-state index is -0.576. The molecule has 0 aromatic heterocycles. The van der Waals surface area contributed by atoms with Crippen molar-refractivity contribution in [2.24, 2.45) is 5.73 Å². The van der Waals surface area contributed by atoms with Gasteiger partial charge in [-0.25, -0.2) is 0 Å². The van der Waals surface area contributed by atoms with Crippen molar-refractivity contribution in [3.8, 4) is 5.75 Å². The Bertz CT molecular complexity index is 345. The highest BCUT2D eigenvalue weighted by molar-refractivity contribution is 6.35. The number of rotatable bonds is 2. The van der Waals surface area contributed by atoms with Gasteiger partial charge in [-0.1, -0.05) is 23.2 Å². The van der Waals surface area contributed by atoms with Crippen LogP contribution in [-0.4, -0.2) is 7.11 Å². The molecule has 0 bridgehead atoms. The Balaban J connectivity index is 3.46. The van der Waals surface area contributed by atoms with Gasteiger partial charge in [0.2, 0.25) is 0 Å². The fourth-order valence-corrected chi connectivity index (χ4v) is 1.96. The van der Waals surface area contributed by atoms with Gasteiger partial charge in [0.05, 0.1) is 12.1 Å². The molecule has 0 aliphatic heterocycles. The van der Waals surface area contributed by atoms with E-state index in [0.29, 0.717) is 15.8 Å². The largest absolute Gasteiger partial charge is 0.495 e. The molecule has 1 rings (SSSR count). The lowest BCUT2D eigenvalue weighted by molar-refractivity contribution is 0.395. The van der Waals surface area contributed by atoms with Crippen molar-refractivity contribution in [3.05, 3.63) is 27.7 Å². The predicted molar refractivity (Wildman–Crippen MR) is 60.2 cm³/mol. The topological polar surface area (TPSA) is 35.2 Å². The second-order valence-electron chi connectivity index (χ2n) is 3.66. The molecule has 2 N–H and O–H groups in total. The van der Waals surface area contributed by atoms with E-state index in [0.717, 1.165) is 5.56 Å². The van der Waals surface area contributed by atoms with E-state index >= 15 is 0 Å². The Morgan fingerprint density at radius 2 is 1.71 bits per heavy atom. The van der Waals surface area contributed by atoms with Gasteiger partial charge < -0.3 is 10.5 Å². The van der Waals surface area contributed by atoms with Crippen LogP contribution in [0.1, 0.15) is 19.4 Å². The highest BCUT2D eigenvalue weighted by Gasteiger charge is 2.24. The molecule has 0 spiro atoms. The average Bonchev–Trinajstić information content (AvgIpc) is 2.06. The second-order valence-corrected chi connectivity index (χ2v) is 4.47. The Labute approximate surface area is 94.0 Å². The summed E-state index contributed by atoms with van der Waals surface area (Å²) >= 11 is 12.0. The maximum Gasteiger partial charge on any atom is 0.143 e. The monoisotopic (exact) mass is 233 g/mol. The molecule has 0 heterocycles. The van der Waals surface area contributed by atoms with E-state index in [1.807, 2.05) is 13.8 Å². The van der Waals surface area contributed by atoms with Crippen LogP contribution < -0.4 is 10.5 Å². The minimum Gasteiger partial charge on any atom is -0.495 e. The molecule has 0 radical (unpaired) electrons. The van der Waals surface area contributed by atoms with Gasteiger partial charge in [0.25, 0.3) is 0 Å². The van der Waals surface area contributed by atoms with Crippen molar-refractivity contribution in [2.45, 2.75) is 19.4 Å². The number of hydrogen-bond donors (Lipinski definition) is 1. The third kappa shape index (κ3) is 2.14. The fourth-order valence-electron chi connectivity index (χ4n) is 1.33. The number of hydrogen-bond acceptors (Lipinski definition) is 2. The summed E-state index contributed by atoms with van der Waals surface area (Å²) in [5.74, 6) is 0.548. The number of nitrogens with two attached hydrogens (primary N) is 1. The first-order chi connectivity index (χ1) is 6.38. The average molecular weight is 234 g/mol. The molecule has 4 heteroatoms. The SMILES string of the molecule is COc1c(Cl)ccc(Cl)c1C(C)(C)N. The normalized spacial score (nSPS) is 11.6. The van der Waals surface area contributed by atoms with Crippen molar-refractivity contribution in [1.82, 2.24) is 0 Å². The Kier molecular flexibility index (Phi) is 3.30. The Morgan fingerprint density at radius 3 is 2.07 bits per heavy atom. The lowest BCUT2D eigenvalue weighted by Gasteiger charge is -2.24. The Hall–Kier alpha value is -0.440. The molecule has 0 aliphatic rings. The summed E-state index contributed by atoms with van der Waals surface area (Å²) in [5.41, 5.74) is 6.13. The summed E-state index contributed by atoms with van der Waals surface area (Å²) in [6, 6.07) is 3.41. The summed E-state index contributed by atoms with van der Waals surface area (Å²) in [4.78, 5) is 0. The molecule has 14 heavy (non-hydrogen) atoms. The number of methoxy groups -OCH3 is 1. The fraction of sp³-hybridized carbons (Fsp3) is 0.400. The van der Waals surface area contributed by atoms with E-state index in [1.54, 1.807) is 19.2 Å². The number of halogens is 2. The van der Waals surface area contributed by atoms with Crippen LogP contribution in [0.2, 0.25) is 10.0 Å². The summed E-state index contributed by atoms with van der Waals surface area (Å²) < 4.78 is 5.19. The smallest absolute Gasteiger partial charge is 0.143 e. The maximum atomic E-state index is 6.05. The van der Waals surface area contributed by atoms with E-state index < -0.39 is 5.54 Å². The van der Waals surface area contributed by atoms with Gasteiger partial charge in [0.15, 0.2) is 0 Å². The van der Waals surface area contributed by atoms with E-state index in [1.165, 1.54) is 0 Å². The molecule has 0 amide bonds. The lowest BCUT2D eigenvalue weighted by Crippen LogP contribution is -2.29. The van der Waals surface area contributed by atoms with Crippen LogP contribution in [0, 0.1) is 0 Å². The van der Waals surface area contributed by atoms with E-state index in [4.69, 9.17) is 33.7 Å². The molecule has 78 valence electrons. The summed E-state index contributed by atoms with van der Waals surface area (Å²) in [6.07, 6.45) is 0. The van der Waals surface area contributed by atoms with Gasteiger partial charge in [0, 0.05) is 16.1 Å². The summed E-state index contributed by atoms with van der Waals surface area (Å²) in [5, 5.41) is 1.09. The molecular formula is C10H13Cl2NO. The molecule has 0 atom stereocenters. The zero-order valence-electron chi connectivity index (χ0n) is 8.40. The maximum absolute atomic E-state index is 6.05. The molecule has 1 aromatic rings.